The lowest BCUT2D eigenvalue weighted by Gasteiger charge is -2.45. The third-order valence-electron chi connectivity index (χ3n) is 14.3. The van der Waals surface area contributed by atoms with Gasteiger partial charge in [-0.1, -0.05) is 199 Å². The molecule has 322 valence electrons. The smallest absolute Gasteiger partial charge is 0.252 e. The van der Waals surface area contributed by atoms with Gasteiger partial charge in [0.15, 0.2) is 0 Å². The first kappa shape index (κ1) is 40.9. The van der Waals surface area contributed by atoms with Crippen molar-refractivity contribution < 1.29 is 0 Å². The lowest BCUT2D eigenvalue weighted by atomic mass is 9.33. The second-order valence-corrected chi connectivity index (χ2v) is 20.5. The minimum absolute atomic E-state index is 0.0146. The molecule has 0 saturated heterocycles. The Morgan fingerprint density at radius 3 is 1.15 bits per heavy atom. The lowest BCUT2D eigenvalue weighted by molar-refractivity contribution is 0.590. The number of anilines is 6. The molecule has 2 aliphatic heterocycles. The zero-order valence-corrected chi connectivity index (χ0v) is 39.2. The molecule has 0 atom stereocenters. The van der Waals surface area contributed by atoms with Crippen molar-refractivity contribution in [2.45, 2.75) is 52.4 Å². The second kappa shape index (κ2) is 15.5. The summed E-state index contributed by atoms with van der Waals surface area (Å²) in [6.07, 6.45) is 0. The quantitative estimate of drug-likeness (QED) is 0.126. The van der Waals surface area contributed by atoms with Gasteiger partial charge in [-0.25, -0.2) is 0 Å². The molecule has 0 unspecified atom stereocenters. The van der Waals surface area contributed by atoms with Gasteiger partial charge < -0.3 is 9.80 Å². The van der Waals surface area contributed by atoms with Crippen molar-refractivity contribution in [3.8, 4) is 33.4 Å². The molecule has 0 saturated carbocycles. The zero-order chi connectivity index (χ0) is 45.6. The van der Waals surface area contributed by atoms with E-state index in [1.54, 1.807) is 0 Å². The van der Waals surface area contributed by atoms with Crippen molar-refractivity contribution in [1.29, 1.82) is 0 Å². The summed E-state index contributed by atoms with van der Waals surface area (Å²) in [6, 6.07) is 79.6. The molecule has 2 heterocycles. The minimum Gasteiger partial charge on any atom is -0.311 e. The number of fused-ring (bicyclic) bond motifs is 6. The van der Waals surface area contributed by atoms with E-state index in [-0.39, 0.29) is 17.5 Å². The Balaban J connectivity index is 1.15. The largest absolute Gasteiger partial charge is 0.311 e. The Kier molecular flexibility index (Phi) is 9.45. The predicted octanol–water partition coefficient (Wildman–Crippen LogP) is 15.7. The van der Waals surface area contributed by atoms with Crippen molar-refractivity contribution in [1.82, 2.24) is 0 Å². The molecule has 0 spiro atoms. The van der Waals surface area contributed by atoms with Gasteiger partial charge in [0.05, 0.1) is 0 Å². The van der Waals surface area contributed by atoms with E-state index >= 15 is 0 Å². The fourth-order valence-electron chi connectivity index (χ4n) is 11.0. The third-order valence-corrected chi connectivity index (χ3v) is 14.3. The van der Waals surface area contributed by atoms with Crippen LogP contribution >= 0.6 is 0 Å². The minimum atomic E-state index is -0.0239. The molecule has 0 N–H and O–H groups in total. The van der Waals surface area contributed by atoms with Gasteiger partial charge in [0.2, 0.25) is 0 Å². The summed E-state index contributed by atoms with van der Waals surface area (Å²) in [4.78, 5) is 5.07. The average molecular weight is 861 g/mol. The molecule has 0 fully saturated rings. The van der Waals surface area contributed by atoms with E-state index in [0.29, 0.717) is 0 Å². The number of hydrogen-bond donors (Lipinski definition) is 0. The van der Waals surface area contributed by atoms with Crippen LogP contribution in [0.25, 0.3) is 54.9 Å². The molecule has 0 aromatic heterocycles. The summed E-state index contributed by atoms with van der Waals surface area (Å²) in [5.41, 5.74) is 21.2. The van der Waals surface area contributed by atoms with Gasteiger partial charge >= 0.3 is 0 Å². The van der Waals surface area contributed by atoms with Gasteiger partial charge in [0, 0.05) is 34.1 Å². The molecular formula is C64H53BN2. The molecule has 10 aromatic carbocycles. The van der Waals surface area contributed by atoms with Crippen LogP contribution in [0.2, 0.25) is 0 Å². The number of benzene rings is 10. The van der Waals surface area contributed by atoms with Crippen LogP contribution in [0.1, 0.15) is 52.7 Å². The van der Waals surface area contributed by atoms with E-state index in [1.807, 2.05) is 0 Å². The summed E-state index contributed by atoms with van der Waals surface area (Å²) in [7, 11) is 0. The first-order valence-electron chi connectivity index (χ1n) is 23.8. The Hall–Kier alpha value is -7.62. The highest BCUT2D eigenvalue weighted by Gasteiger charge is 2.44. The van der Waals surface area contributed by atoms with Crippen LogP contribution in [-0.2, 0) is 10.8 Å². The van der Waals surface area contributed by atoms with Crippen molar-refractivity contribution in [2.24, 2.45) is 0 Å². The van der Waals surface area contributed by atoms with Crippen LogP contribution in [0, 0.1) is 0 Å². The second-order valence-electron chi connectivity index (χ2n) is 20.5. The average Bonchev–Trinajstić information content (AvgIpc) is 3.35. The maximum Gasteiger partial charge on any atom is 0.252 e. The summed E-state index contributed by atoms with van der Waals surface area (Å²) >= 11 is 0. The van der Waals surface area contributed by atoms with E-state index in [2.05, 4.69) is 264 Å². The van der Waals surface area contributed by atoms with Crippen molar-refractivity contribution in [2.75, 3.05) is 9.80 Å². The predicted molar refractivity (Wildman–Crippen MR) is 289 cm³/mol. The van der Waals surface area contributed by atoms with E-state index in [1.165, 1.54) is 105 Å². The van der Waals surface area contributed by atoms with Crippen LogP contribution in [-0.4, -0.2) is 6.71 Å². The molecular weight excluding hydrogens is 808 g/mol. The van der Waals surface area contributed by atoms with E-state index in [9.17, 15) is 0 Å². The Morgan fingerprint density at radius 2 is 0.701 bits per heavy atom. The topological polar surface area (TPSA) is 6.48 Å². The number of nitrogens with zero attached hydrogens (tertiary/aromatic N) is 2. The SMILES string of the molecule is CC(C)(C)c1ccc2c(c1)B1c3cc(C(C)(C)C)ccc3N(c3ccccc3)c3cc(-c4cccc(-c5c6ccccc6c(-c6ccccc6)c6ccccc56)c4)cc(c31)N2c1ccccc1. The van der Waals surface area contributed by atoms with Gasteiger partial charge in [-0.15, -0.1) is 0 Å². The Morgan fingerprint density at radius 1 is 0.313 bits per heavy atom. The number of rotatable bonds is 5. The van der Waals surface area contributed by atoms with Crippen LogP contribution < -0.4 is 26.2 Å². The lowest BCUT2D eigenvalue weighted by Crippen LogP contribution is -2.61. The summed E-state index contributed by atoms with van der Waals surface area (Å²) in [5.74, 6) is 0. The van der Waals surface area contributed by atoms with Crippen LogP contribution in [0.5, 0.6) is 0 Å². The van der Waals surface area contributed by atoms with Crippen LogP contribution in [0.15, 0.2) is 212 Å². The van der Waals surface area contributed by atoms with Gasteiger partial charge in [0.1, 0.15) is 0 Å². The first-order chi connectivity index (χ1) is 32.5. The molecule has 2 nitrogen and oxygen atoms in total. The third kappa shape index (κ3) is 6.71. The first-order valence-corrected chi connectivity index (χ1v) is 23.8. The maximum atomic E-state index is 2.54. The Labute approximate surface area is 395 Å². The van der Waals surface area contributed by atoms with E-state index in [4.69, 9.17) is 0 Å². The molecule has 0 bridgehead atoms. The van der Waals surface area contributed by atoms with Gasteiger partial charge in [0.25, 0.3) is 6.71 Å². The molecule has 67 heavy (non-hydrogen) atoms. The maximum absolute atomic E-state index is 2.54. The van der Waals surface area contributed by atoms with Gasteiger partial charge in [-0.3, -0.25) is 0 Å². The normalized spacial score (nSPS) is 13.1. The molecule has 3 heteroatoms. The highest BCUT2D eigenvalue weighted by Crippen LogP contribution is 2.48. The fraction of sp³-hybridized carbons (Fsp3) is 0.125. The molecule has 2 aliphatic rings. The number of para-hydroxylation sites is 2. The van der Waals surface area contributed by atoms with E-state index < -0.39 is 0 Å². The molecule has 12 rings (SSSR count). The molecule has 0 amide bonds. The molecule has 0 radical (unpaired) electrons. The van der Waals surface area contributed by atoms with Crippen molar-refractivity contribution in [3.05, 3.63) is 223 Å². The highest BCUT2D eigenvalue weighted by atomic mass is 15.2. The summed E-state index contributed by atoms with van der Waals surface area (Å²) in [5, 5.41) is 5.03. The van der Waals surface area contributed by atoms with Gasteiger partial charge in [-0.2, -0.15) is 0 Å². The Bertz CT molecular complexity index is 3360. The van der Waals surface area contributed by atoms with Crippen LogP contribution in [0.4, 0.5) is 34.1 Å². The zero-order valence-electron chi connectivity index (χ0n) is 39.2. The molecule has 10 aromatic rings. The van der Waals surface area contributed by atoms with E-state index in [0.717, 1.165) is 11.4 Å². The standard InChI is InChI=1S/C64H53BN2/c1-63(2,3)46-33-35-56-54(40-46)65-55-41-47(64(4,5)6)34-36-57(55)67(49-27-14-9-15-28-49)59-39-45(38-58(62(59)65)66(56)48-25-12-8-13-26-48)43-23-20-24-44(37-43)61-52-31-18-16-29-50(52)60(42-21-10-7-11-22-42)51-30-17-19-32-53(51)61/h7-41H,1-6H3. The summed E-state index contributed by atoms with van der Waals surface area (Å²) in [6.45, 7) is 14.0. The molecule has 0 aliphatic carbocycles. The highest BCUT2D eigenvalue weighted by molar-refractivity contribution is 7.00. The number of hydrogen-bond acceptors (Lipinski definition) is 2. The van der Waals surface area contributed by atoms with Crippen LogP contribution in [0.3, 0.4) is 0 Å². The monoisotopic (exact) mass is 860 g/mol. The van der Waals surface area contributed by atoms with Crippen molar-refractivity contribution in [3.63, 3.8) is 0 Å². The summed E-state index contributed by atoms with van der Waals surface area (Å²) < 4.78 is 0. The van der Waals surface area contributed by atoms with Crippen molar-refractivity contribution >= 4 is 78.8 Å². The van der Waals surface area contributed by atoms with Gasteiger partial charge in [-0.05, 0) is 148 Å². The fourth-order valence-corrected chi connectivity index (χ4v) is 11.0.